The van der Waals surface area contributed by atoms with Gasteiger partial charge in [0, 0.05) is 37.5 Å². The van der Waals surface area contributed by atoms with Crippen molar-refractivity contribution in [1.82, 2.24) is 24.0 Å². The highest BCUT2D eigenvalue weighted by Crippen LogP contribution is 2.27. The van der Waals surface area contributed by atoms with Crippen LogP contribution in [0.5, 0.6) is 0 Å². The predicted molar refractivity (Wildman–Crippen MR) is 123 cm³/mol. The molecule has 2 aliphatic rings. The molecule has 2 aliphatic heterocycles. The lowest BCUT2D eigenvalue weighted by Gasteiger charge is -2.26. The van der Waals surface area contributed by atoms with E-state index in [9.17, 15) is 13.2 Å². The van der Waals surface area contributed by atoms with Gasteiger partial charge in [0.15, 0.2) is 11.0 Å². The van der Waals surface area contributed by atoms with Gasteiger partial charge in [0.25, 0.3) is 0 Å². The zero-order chi connectivity index (χ0) is 23.3. The number of ether oxygens (including phenoxy) is 2. The summed E-state index contributed by atoms with van der Waals surface area (Å²) in [5.74, 6) is 1.34. The number of hydrogen-bond donors (Lipinski definition) is 0. The Balaban J connectivity index is 1.49. The third kappa shape index (κ3) is 5.40. The second-order valence-electron chi connectivity index (χ2n) is 7.55. The van der Waals surface area contributed by atoms with Crippen LogP contribution in [0.15, 0.2) is 47.0 Å². The van der Waals surface area contributed by atoms with Crippen molar-refractivity contribution in [1.29, 1.82) is 0 Å². The number of carbonyl (C=O) groups excluding carboxylic acids is 1. The van der Waals surface area contributed by atoms with Crippen LogP contribution in [0.4, 0.5) is 4.79 Å². The van der Waals surface area contributed by atoms with Gasteiger partial charge in [0.2, 0.25) is 10.0 Å². The molecule has 3 heterocycles. The van der Waals surface area contributed by atoms with E-state index in [4.69, 9.17) is 9.47 Å². The van der Waals surface area contributed by atoms with Gasteiger partial charge < -0.3 is 14.4 Å². The van der Waals surface area contributed by atoms with E-state index in [0.29, 0.717) is 63.9 Å². The summed E-state index contributed by atoms with van der Waals surface area (Å²) in [6.07, 6.45) is 2.29. The predicted octanol–water partition coefficient (Wildman–Crippen LogP) is 2.09. The molecule has 0 radical (unpaired) electrons. The summed E-state index contributed by atoms with van der Waals surface area (Å²) in [5.41, 5.74) is 0.672. The number of benzene rings is 1. The number of cyclic esters (lactones) is 1. The molecule has 0 atom stereocenters. The number of aromatic nitrogens is 3. The van der Waals surface area contributed by atoms with Crippen LogP contribution >= 0.6 is 11.8 Å². The maximum absolute atomic E-state index is 13.1. The number of hydrogen-bond acceptors (Lipinski definition) is 8. The van der Waals surface area contributed by atoms with Crippen LogP contribution in [0.25, 0.3) is 11.4 Å². The Hall–Kier alpha value is -2.41. The van der Waals surface area contributed by atoms with Crippen molar-refractivity contribution in [2.24, 2.45) is 0 Å². The summed E-state index contributed by atoms with van der Waals surface area (Å²) in [5, 5.41) is 9.38. The van der Waals surface area contributed by atoms with Gasteiger partial charge in [-0.05, 0) is 18.6 Å². The molecule has 1 amide bonds. The van der Waals surface area contributed by atoms with Gasteiger partial charge in [-0.25, -0.2) is 13.2 Å². The van der Waals surface area contributed by atoms with Crippen molar-refractivity contribution in [2.75, 3.05) is 51.8 Å². The van der Waals surface area contributed by atoms with E-state index in [1.807, 2.05) is 10.6 Å². The number of morpholine rings is 1. The van der Waals surface area contributed by atoms with Crippen LogP contribution in [0.2, 0.25) is 0 Å². The molecule has 0 aliphatic carbocycles. The van der Waals surface area contributed by atoms with Gasteiger partial charge in [-0.2, -0.15) is 4.31 Å². The molecule has 0 unspecified atom stereocenters. The van der Waals surface area contributed by atoms with Gasteiger partial charge >= 0.3 is 6.09 Å². The summed E-state index contributed by atoms with van der Waals surface area (Å²) in [4.78, 5) is 13.5. The van der Waals surface area contributed by atoms with Crippen LogP contribution in [0.1, 0.15) is 6.42 Å². The Labute approximate surface area is 197 Å². The average Bonchev–Trinajstić information content (AvgIpc) is 3.43. The summed E-state index contributed by atoms with van der Waals surface area (Å²) < 4.78 is 39.7. The van der Waals surface area contributed by atoms with Gasteiger partial charge in [0.1, 0.15) is 6.61 Å². The normalized spacial score (nSPS) is 17.3. The van der Waals surface area contributed by atoms with Crippen LogP contribution in [0.3, 0.4) is 0 Å². The number of nitrogens with zero attached hydrogens (tertiary/aromatic N) is 5. The van der Waals surface area contributed by atoms with E-state index in [0.717, 1.165) is 17.3 Å². The Morgan fingerprint density at radius 2 is 1.97 bits per heavy atom. The SMILES string of the molecule is C=CCn1c(SCCCN2CCOC2=O)nnc1-c1cccc(S(=O)(=O)N2CCOCC2)c1. The van der Waals surface area contributed by atoms with Crippen LogP contribution < -0.4 is 0 Å². The Kier molecular flexibility index (Phi) is 7.68. The summed E-state index contributed by atoms with van der Waals surface area (Å²) in [6, 6.07) is 6.79. The fourth-order valence-corrected chi connectivity index (χ4v) is 6.01. The van der Waals surface area contributed by atoms with Gasteiger partial charge in [-0.3, -0.25) is 4.57 Å². The second kappa shape index (κ2) is 10.7. The van der Waals surface area contributed by atoms with Crippen LogP contribution in [-0.2, 0) is 26.0 Å². The minimum Gasteiger partial charge on any atom is -0.448 e. The Bertz CT molecular complexity index is 1100. The molecular weight excluding hydrogens is 466 g/mol. The van der Waals surface area contributed by atoms with Crippen molar-refractivity contribution in [3.8, 4) is 11.4 Å². The van der Waals surface area contributed by atoms with Crippen molar-refractivity contribution in [3.63, 3.8) is 0 Å². The molecule has 33 heavy (non-hydrogen) atoms. The molecule has 4 rings (SSSR count). The number of carbonyl (C=O) groups is 1. The molecule has 12 heteroatoms. The van der Waals surface area contributed by atoms with E-state index in [1.165, 1.54) is 4.31 Å². The summed E-state index contributed by atoms with van der Waals surface area (Å²) >= 11 is 1.54. The van der Waals surface area contributed by atoms with E-state index in [1.54, 1.807) is 40.9 Å². The Morgan fingerprint density at radius 1 is 1.15 bits per heavy atom. The molecule has 0 saturated carbocycles. The first-order valence-electron chi connectivity index (χ1n) is 10.8. The standard InChI is InChI=1S/C21H27N5O5S2/c1-2-7-26-19(22-23-20(26)32-15-4-8-24-9-14-31-21(24)27)17-5-3-6-18(16-17)33(28,29)25-10-12-30-13-11-25/h2-3,5-6,16H,1,4,7-15H2. The quantitative estimate of drug-likeness (QED) is 0.281. The van der Waals surface area contributed by atoms with E-state index < -0.39 is 10.0 Å². The van der Waals surface area contributed by atoms with Crippen LogP contribution in [0, 0.1) is 0 Å². The average molecular weight is 494 g/mol. The molecule has 10 nitrogen and oxygen atoms in total. The first-order valence-corrected chi connectivity index (χ1v) is 13.2. The number of sulfonamides is 1. The number of thioether (sulfide) groups is 1. The summed E-state index contributed by atoms with van der Waals surface area (Å²) in [7, 11) is -3.61. The zero-order valence-corrected chi connectivity index (χ0v) is 19.9. The molecule has 0 spiro atoms. The molecule has 0 bridgehead atoms. The zero-order valence-electron chi connectivity index (χ0n) is 18.3. The molecule has 178 valence electrons. The van der Waals surface area contributed by atoms with Gasteiger partial charge in [-0.1, -0.05) is 30.0 Å². The third-order valence-corrected chi connectivity index (χ3v) is 8.32. The van der Waals surface area contributed by atoms with E-state index in [-0.39, 0.29) is 11.0 Å². The molecular formula is C21H27N5O5S2. The molecule has 0 N–H and O–H groups in total. The van der Waals surface area contributed by atoms with Crippen LogP contribution in [-0.4, -0.2) is 90.2 Å². The fourth-order valence-electron chi connectivity index (χ4n) is 3.68. The minimum absolute atomic E-state index is 0.224. The first kappa shape index (κ1) is 23.7. The van der Waals surface area contributed by atoms with Crippen molar-refractivity contribution < 1.29 is 22.7 Å². The largest absolute Gasteiger partial charge is 0.448 e. The highest BCUT2D eigenvalue weighted by Gasteiger charge is 2.27. The third-order valence-electron chi connectivity index (χ3n) is 5.38. The van der Waals surface area contributed by atoms with Crippen molar-refractivity contribution in [2.45, 2.75) is 23.0 Å². The van der Waals surface area contributed by atoms with Gasteiger partial charge in [-0.15, -0.1) is 16.8 Å². The lowest BCUT2D eigenvalue weighted by molar-refractivity contribution is 0.0730. The fraction of sp³-hybridized carbons (Fsp3) is 0.476. The minimum atomic E-state index is -3.61. The maximum atomic E-state index is 13.1. The monoisotopic (exact) mass is 493 g/mol. The van der Waals surface area contributed by atoms with E-state index >= 15 is 0 Å². The maximum Gasteiger partial charge on any atom is 0.409 e. The van der Waals surface area contributed by atoms with E-state index in [2.05, 4.69) is 16.8 Å². The lowest BCUT2D eigenvalue weighted by Crippen LogP contribution is -2.40. The van der Waals surface area contributed by atoms with Gasteiger partial charge in [0.05, 0.1) is 24.7 Å². The Morgan fingerprint density at radius 3 is 2.70 bits per heavy atom. The first-order chi connectivity index (χ1) is 16.0. The topological polar surface area (TPSA) is 107 Å². The molecule has 2 fully saturated rings. The second-order valence-corrected chi connectivity index (χ2v) is 10.6. The molecule has 1 aromatic heterocycles. The molecule has 1 aromatic carbocycles. The lowest BCUT2D eigenvalue weighted by atomic mass is 10.2. The number of rotatable bonds is 10. The molecule has 2 aromatic rings. The van der Waals surface area contributed by atoms with Crippen molar-refractivity contribution in [3.05, 3.63) is 36.9 Å². The summed E-state index contributed by atoms with van der Waals surface area (Å²) in [6.45, 7) is 7.50. The highest BCUT2D eigenvalue weighted by molar-refractivity contribution is 7.99. The number of allylic oxidation sites excluding steroid dienone is 1. The highest BCUT2D eigenvalue weighted by atomic mass is 32.2. The van der Waals surface area contributed by atoms with Crippen molar-refractivity contribution >= 4 is 27.9 Å². The number of amides is 1. The smallest absolute Gasteiger partial charge is 0.409 e. The molecule has 2 saturated heterocycles.